The molecule has 2 N–H and O–H groups in total. The van der Waals surface area contributed by atoms with E-state index in [2.05, 4.69) is 10.3 Å². The molecular weight excluding hydrogens is 451 g/mol. The van der Waals surface area contributed by atoms with Gasteiger partial charge in [-0.05, 0) is 31.5 Å². The molecule has 2 aromatic rings. The number of nitrogens with zero attached hydrogens (tertiary/aromatic N) is 3. The summed E-state index contributed by atoms with van der Waals surface area (Å²) in [7, 11) is 0. The molecule has 0 spiro atoms. The van der Waals surface area contributed by atoms with Gasteiger partial charge in [0.05, 0.1) is 18.7 Å². The van der Waals surface area contributed by atoms with Crippen LogP contribution in [0.3, 0.4) is 0 Å². The van der Waals surface area contributed by atoms with Crippen molar-refractivity contribution in [2.24, 2.45) is 0 Å². The number of pyridine rings is 1. The minimum Gasteiger partial charge on any atom is -0.481 e. The maximum absolute atomic E-state index is 14.0. The molecule has 0 unspecified atom stereocenters. The molecular formula is C22H25FN4O7. The summed E-state index contributed by atoms with van der Waals surface area (Å²) in [6.07, 6.45) is -0.429. The van der Waals surface area contributed by atoms with E-state index in [0.29, 0.717) is 31.7 Å². The smallest absolute Gasteiger partial charge is 0.409 e. The molecule has 0 atom stereocenters. The molecule has 1 aromatic heterocycles. The molecule has 0 aliphatic carbocycles. The number of hydrogen-bond donors (Lipinski definition) is 2. The van der Waals surface area contributed by atoms with Gasteiger partial charge in [-0.2, -0.15) is 0 Å². The molecule has 1 fully saturated rings. The van der Waals surface area contributed by atoms with E-state index in [-0.39, 0.29) is 41.4 Å². The van der Waals surface area contributed by atoms with Crippen LogP contribution in [-0.2, 0) is 14.3 Å². The van der Waals surface area contributed by atoms with Crippen molar-refractivity contribution in [3.8, 4) is 5.75 Å². The zero-order chi connectivity index (χ0) is 24.8. The Hall–Kier alpha value is -3.96. The number of carbonyl (C=O) groups is 4. The van der Waals surface area contributed by atoms with Gasteiger partial charge >= 0.3 is 12.1 Å². The van der Waals surface area contributed by atoms with Crippen LogP contribution in [0.25, 0.3) is 10.9 Å². The van der Waals surface area contributed by atoms with Gasteiger partial charge in [-0.25, -0.2) is 19.0 Å². The van der Waals surface area contributed by atoms with Gasteiger partial charge in [-0.15, -0.1) is 0 Å². The zero-order valence-electron chi connectivity index (χ0n) is 18.8. The molecule has 1 aromatic carbocycles. The van der Waals surface area contributed by atoms with Crippen LogP contribution < -0.4 is 10.1 Å². The van der Waals surface area contributed by atoms with Crippen LogP contribution in [0.2, 0.25) is 0 Å². The quantitative estimate of drug-likeness (QED) is 0.608. The van der Waals surface area contributed by atoms with E-state index in [0.717, 1.165) is 6.07 Å². The van der Waals surface area contributed by atoms with Crippen molar-refractivity contribution in [2.45, 2.75) is 13.8 Å². The van der Waals surface area contributed by atoms with Crippen molar-refractivity contribution in [3.63, 3.8) is 0 Å². The molecule has 3 amide bonds. The van der Waals surface area contributed by atoms with Crippen LogP contribution in [0.1, 0.15) is 23.0 Å². The van der Waals surface area contributed by atoms with Gasteiger partial charge in [0, 0.05) is 37.6 Å². The first-order valence-corrected chi connectivity index (χ1v) is 10.6. The Balaban J connectivity index is 1.67. The van der Waals surface area contributed by atoms with Crippen molar-refractivity contribution < 1.29 is 38.1 Å². The number of fused-ring (bicyclic) bond motifs is 1. The van der Waals surface area contributed by atoms with Crippen LogP contribution in [0.5, 0.6) is 5.75 Å². The van der Waals surface area contributed by atoms with Crippen LogP contribution >= 0.6 is 0 Å². The first-order chi connectivity index (χ1) is 16.2. The van der Waals surface area contributed by atoms with Gasteiger partial charge in [0.1, 0.15) is 17.3 Å². The van der Waals surface area contributed by atoms with E-state index in [1.54, 1.807) is 6.92 Å². The van der Waals surface area contributed by atoms with Crippen molar-refractivity contribution in [2.75, 3.05) is 45.9 Å². The molecule has 0 saturated carbocycles. The van der Waals surface area contributed by atoms with Crippen molar-refractivity contribution in [1.82, 2.24) is 20.1 Å². The van der Waals surface area contributed by atoms with E-state index in [1.165, 1.54) is 28.9 Å². The average Bonchev–Trinajstić information content (AvgIpc) is 2.81. The fourth-order valence-corrected chi connectivity index (χ4v) is 3.41. The minimum atomic E-state index is -1.24. The van der Waals surface area contributed by atoms with Gasteiger partial charge in [0.15, 0.2) is 6.61 Å². The number of carbonyl (C=O) groups excluding carboxylic acids is 3. The summed E-state index contributed by atoms with van der Waals surface area (Å²) in [5.41, 5.74) is 0.422. The van der Waals surface area contributed by atoms with Crippen molar-refractivity contribution in [3.05, 3.63) is 35.3 Å². The molecule has 3 rings (SSSR count). The van der Waals surface area contributed by atoms with Gasteiger partial charge in [0.25, 0.3) is 5.91 Å². The third-order valence-electron chi connectivity index (χ3n) is 5.19. The lowest BCUT2D eigenvalue weighted by Crippen LogP contribution is -2.52. The van der Waals surface area contributed by atoms with Crippen LogP contribution in [0.4, 0.5) is 9.18 Å². The number of benzene rings is 1. The highest BCUT2D eigenvalue weighted by Gasteiger charge is 2.25. The SMILES string of the molecule is CCOC(=O)N1CCN(C(=O)CNC(=O)c2cc(OCC(=O)O)c3cc(F)c(C)cc3n2)CC1. The van der Waals surface area contributed by atoms with Crippen LogP contribution in [0.15, 0.2) is 18.2 Å². The second kappa shape index (κ2) is 10.8. The van der Waals surface area contributed by atoms with Gasteiger partial charge in [-0.1, -0.05) is 0 Å². The van der Waals surface area contributed by atoms with E-state index in [9.17, 15) is 23.6 Å². The van der Waals surface area contributed by atoms with E-state index in [4.69, 9.17) is 14.6 Å². The molecule has 0 bridgehead atoms. The van der Waals surface area contributed by atoms with Crippen molar-refractivity contribution in [1.29, 1.82) is 0 Å². The van der Waals surface area contributed by atoms with E-state index in [1.807, 2.05) is 0 Å². The number of aromatic nitrogens is 1. The molecule has 12 heteroatoms. The number of aryl methyl sites for hydroxylation is 1. The summed E-state index contributed by atoms with van der Waals surface area (Å²) in [5, 5.41) is 11.6. The maximum Gasteiger partial charge on any atom is 0.409 e. The lowest BCUT2D eigenvalue weighted by atomic mass is 10.1. The fraction of sp³-hybridized carbons (Fsp3) is 0.409. The number of ether oxygens (including phenoxy) is 2. The van der Waals surface area contributed by atoms with E-state index < -0.39 is 30.4 Å². The Morgan fingerprint density at radius 1 is 1.12 bits per heavy atom. The number of amides is 3. The number of carboxylic acids is 1. The molecule has 2 heterocycles. The molecule has 182 valence electrons. The standard InChI is InChI=1S/C22H25FN4O7/c1-3-33-22(32)27-6-4-26(5-7-27)19(28)11-24-21(31)17-10-18(34-12-20(29)30)14-9-15(23)13(2)8-16(14)25-17/h8-10H,3-7,11-12H2,1-2H3,(H,24,31)(H,29,30). The maximum atomic E-state index is 14.0. The Morgan fingerprint density at radius 2 is 1.79 bits per heavy atom. The number of carboxylic acid groups (broad SMARTS) is 1. The summed E-state index contributed by atoms with van der Waals surface area (Å²) >= 11 is 0. The first-order valence-electron chi connectivity index (χ1n) is 10.6. The third kappa shape index (κ3) is 5.88. The number of hydrogen-bond acceptors (Lipinski definition) is 7. The predicted octanol–water partition coefficient (Wildman–Crippen LogP) is 1.18. The molecule has 11 nitrogen and oxygen atoms in total. The van der Waals surface area contributed by atoms with E-state index >= 15 is 0 Å². The number of rotatable bonds is 7. The second-order valence-corrected chi connectivity index (χ2v) is 7.56. The largest absolute Gasteiger partial charge is 0.481 e. The molecule has 0 radical (unpaired) electrons. The summed E-state index contributed by atoms with van der Waals surface area (Å²) < 4.78 is 24.2. The Labute approximate surface area is 194 Å². The van der Waals surface area contributed by atoms with Crippen LogP contribution in [-0.4, -0.2) is 89.7 Å². The Morgan fingerprint density at radius 3 is 2.44 bits per heavy atom. The molecule has 1 saturated heterocycles. The molecule has 34 heavy (non-hydrogen) atoms. The highest BCUT2D eigenvalue weighted by Crippen LogP contribution is 2.28. The van der Waals surface area contributed by atoms with Crippen LogP contribution in [0, 0.1) is 12.7 Å². The Bertz CT molecular complexity index is 1120. The monoisotopic (exact) mass is 476 g/mol. The highest BCUT2D eigenvalue weighted by molar-refractivity contribution is 5.98. The van der Waals surface area contributed by atoms with Crippen molar-refractivity contribution >= 4 is 34.8 Å². The summed E-state index contributed by atoms with van der Waals surface area (Å²) in [6, 6.07) is 3.79. The normalized spacial score (nSPS) is 13.5. The number of halogens is 1. The summed E-state index contributed by atoms with van der Waals surface area (Å²) in [4.78, 5) is 55.1. The predicted molar refractivity (Wildman–Crippen MR) is 117 cm³/mol. The highest BCUT2D eigenvalue weighted by atomic mass is 19.1. The van der Waals surface area contributed by atoms with Gasteiger partial charge < -0.3 is 29.7 Å². The number of aliphatic carboxylic acids is 1. The van der Waals surface area contributed by atoms with Gasteiger partial charge in [0.2, 0.25) is 5.91 Å². The average molecular weight is 476 g/mol. The summed E-state index contributed by atoms with van der Waals surface area (Å²) in [6.45, 7) is 3.78. The lowest BCUT2D eigenvalue weighted by Gasteiger charge is -2.34. The zero-order valence-corrected chi connectivity index (χ0v) is 18.8. The minimum absolute atomic E-state index is 0.0159. The molecule has 1 aliphatic heterocycles. The second-order valence-electron chi connectivity index (χ2n) is 7.56. The molecule has 1 aliphatic rings. The number of piperazine rings is 1. The topological polar surface area (TPSA) is 138 Å². The van der Waals surface area contributed by atoms with Gasteiger partial charge in [-0.3, -0.25) is 9.59 Å². The third-order valence-corrected chi connectivity index (χ3v) is 5.19. The fourth-order valence-electron chi connectivity index (χ4n) is 3.41. The summed E-state index contributed by atoms with van der Waals surface area (Å²) in [5.74, 6) is -2.80. The first kappa shape index (κ1) is 24.7. The number of nitrogens with one attached hydrogen (secondary N) is 1. The lowest BCUT2D eigenvalue weighted by molar-refractivity contribution is -0.139. The Kier molecular flexibility index (Phi) is 7.82.